The third kappa shape index (κ3) is 4.41. The van der Waals surface area contributed by atoms with Gasteiger partial charge in [0.1, 0.15) is 0 Å². The molecule has 0 radical (unpaired) electrons. The lowest BCUT2D eigenvalue weighted by Gasteiger charge is -2.48. The van der Waals surface area contributed by atoms with Gasteiger partial charge in [0, 0.05) is 24.3 Å². The molecule has 0 amide bonds. The van der Waals surface area contributed by atoms with Crippen LogP contribution in [-0.4, -0.2) is 21.8 Å². The average Bonchev–Trinajstić information content (AvgIpc) is 2.88. The fraction of sp³-hybridized carbons (Fsp3) is 1.00. The summed E-state index contributed by atoms with van der Waals surface area (Å²) in [5, 5.41) is 0. The molecular weight excluding hydrogens is 300 g/mol. The molecule has 0 saturated heterocycles. The molecule has 0 spiro atoms. The third-order valence-electron chi connectivity index (χ3n) is 6.31. The molecule has 3 heteroatoms. The Morgan fingerprint density at radius 1 is 0.957 bits per heavy atom. The van der Waals surface area contributed by atoms with E-state index in [0.29, 0.717) is 16.5 Å². The van der Waals surface area contributed by atoms with Gasteiger partial charge in [0.05, 0.1) is 0 Å². The van der Waals surface area contributed by atoms with E-state index in [0.717, 1.165) is 32.0 Å². The maximum atomic E-state index is 6.81. The summed E-state index contributed by atoms with van der Waals surface area (Å²) in [6, 6.07) is 0. The molecule has 2 nitrogen and oxygen atoms in total. The first kappa shape index (κ1) is 19.5. The lowest BCUT2D eigenvalue weighted by atomic mass is 9.90. The third-order valence-corrected chi connectivity index (χ3v) is 11.3. The summed E-state index contributed by atoms with van der Waals surface area (Å²) in [4.78, 5) is 0. The van der Waals surface area contributed by atoms with E-state index in [1.165, 1.54) is 44.9 Å². The van der Waals surface area contributed by atoms with Crippen LogP contribution in [-0.2, 0) is 8.85 Å². The van der Waals surface area contributed by atoms with E-state index in [1.807, 2.05) is 0 Å². The maximum absolute atomic E-state index is 6.81. The lowest BCUT2D eigenvalue weighted by molar-refractivity contribution is 0.121. The van der Waals surface area contributed by atoms with E-state index in [4.69, 9.17) is 8.85 Å². The summed E-state index contributed by atoms with van der Waals surface area (Å²) in [5.74, 6) is 0.848. The Balaban J connectivity index is 2.32. The van der Waals surface area contributed by atoms with Crippen molar-refractivity contribution < 1.29 is 8.85 Å². The predicted molar refractivity (Wildman–Crippen MR) is 101 cm³/mol. The molecule has 2 rings (SSSR count). The van der Waals surface area contributed by atoms with Gasteiger partial charge >= 0.3 is 8.56 Å². The Hall–Kier alpha value is 0.137. The zero-order chi connectivity index (χ0) is 16.9. The van der Waals surface area contributed by atoms with E-state index >= 15 is 0 Å². The Bertz CT molecular complexity index is 348. The SMILES string of the molecule is CCCO[Si](OCCC)(C1CCCC(C)C1)C1CCCC1(C)C. The van der Waals surface area contributed by atoms with Crippen LogP contribution in [0.3, 0.4) is 0 Å². The van der Waals surface area contributed by atoms with Gasteiger partial charge in [-0.2, -0.15) is 0 Å². The summed E-state index contributed by atoms with van der Waals surface area (Å²) in [6.45, 7) is 13.7. The van der Waals surface area contributed by atoms with Crippen molar-refractivity contribution in [3.05, 3.63) is 0 Å². The fourth-order valence-electron chi connectivity index (χ4n) is 5.16. The van der Waals surface area contributed by atoms with Crippen molar-refractivity contribution >= 4 is 8.56 Å². The van der Waals surface area contributed by atoms with Crippen molar-refractivity contribution in [2.75, 3.05) is 13.2 Å². The summed E-state index contributed by atoms with van der Waals surface area (Å²) in [7, 11) is -2.18. The molecule has 0 N–H and O–H groups in total. The highest BCUT2D eigenvalue weighted by Gasteiger charge is 2.58. The molecule has 2 aliphatic rings. The summed E-state index contributed by atoms with van der Waals surface area (Å²) >= 11 is 0. The highest BCUT2D eigenvalue weighted by atomic mass is 28.4. The van der Waals surface area contributed by atoms with Crippen LogP contribution >= 0.6 is 0 Å². The number of hydrogen-bond acceptors (Lipinski definition) is 2. The van der Waals surface area contributed by atoms with Gasteiger partial charge in [0.15, 0.2) is 0 Å². The molecule has 2 aliphatic carbocycles. The molecule has 3 unspecified atom stereocenters. The smallest absolute Gasteiger partial charge is 0.345 e. The molecule has 2 fully saturated rings. The molecule has 136 valence electrons. The Kier molecular flexibility index (Phi) is 7.18. The lowest BCUT2D eigenvalue weighted by Crippen LogP contribution is -2.55. The second-order valence-electron chi connectivity index (χ2n) is 8.82. The predicted octanol–water partition coefficient (Wildman–Crippen LogP) is 6.44. The highest BCUT2D eigenvalue weighted by Crippen LogP contribution is 2.58. The average molecular weight is 341 g/mol. The van der Waals surface area contributed by atoms with Gasteiger partial charge in [-0.25, -0.2) is 0 Å². The van der Waals surface area contributed by atoms with E-state index in [1.54, 1.807) is 0 Å². The Morgan fingerprint density at radius 2 is 1.61 bits per heavy atom. The van der Waals surface area contributed by atoms with Gasteiger partial charge in [-0.05, 0) is 49.9 Å². The maximum Gasteiger partial charge on any atom is 0.345 e. The minimum absolute atomic E-state index is 0.397. The van der Waals surface area contributed by atoms with Gasteiger partial charge in [-0.3, -0.25) is 0 Å². The topological polar surface area (TPSA) is 18.5 Å². The standard InChI is InChI=1S/C20H40O2Si/c1-6-14-21-23(22-15-7-2,18-11-8-10-17(3)16-18)19-12-9-13-20(19,4)5/h17-19H,6-16H2,1-5H3. The largest absolute Gasteiger partial charge is 0.394 e. The van der Waals surface area contributed by atoms with Gasteiger partial charge in [0.2, 0.25) is 0 Å². The molecular formula is C20H40O2Si. The van der Waals surface area contributed by atoms with Crippen molar-refractivity contribution in [3.63, 3.8) is 0 Å². The molecule has 0 bridgehead atoms. The van der Waals surface area contributed by atoms with Crippen LogP contribution in [0.5, 0.6) is 0 Å². The van der Waals surface area contributed by atoms with Crippen molar-refractivity contribution in [1.29, 1.82) is 0 Å². The van der Waals surface area contributed by atoms with Crippen LogP contribution in [0, 0.1) is 11.3 Å². The zero-order valence-electron chi connectivity index (χ0n) is 16.3. The van der Waals surface area contributed by atoms with Crippen LogP contribution in [0.15, 0.2) is 0 Å². The second kappa shape index (κ2) is 8.49. The molecule has 0 heterocycles. The van der Waals surface area contributed by atoms with E-state index in [9.17, 15) is 0 Å². The Morgan fingerprint density at radius 3 is 2.09 bits per heavy atom. The van der Waals surface area contributed by atoms with Crippen LogP contribution in [0.25, 0.3) is 0 Å². The van der Waals surface area contributed by atoms with Crippen molar-refractivity contribution in [2.45, 2.75) is 103 Å². The second-order valence-corrected chi connectivity index (χ2v) is 12.4. The van der Waals surface area contributed by atoms with Crippen LogP contribution < -0.4 is 0 Å². The van der Waals surface area contributed by atoms with Gasteiger partial charge in [-0.15, -0.1) is 0 Å². The van der Waals surface area contributed by atoms with E-state index in [2.05, 4.69) is 34.6 Å². The van der Waals surface area contributed by atoms with Gasteiger partial charge in [-0.1, -0.05) is 53.9 Å². The van der Waals surface area contributed by atoms with Gasteiger partial charge < -0.3 is 8.85 Å². The van der Waals surface area contributed by atoms with E-state index < -0.39 is 8.56 Å². The highest BCUT2D eigenvalue weighted by molar-refractivity contribution is 6.70. The molecule has 0 aromatic heterocycles. The first-order chi connectivity index (χ1) is 11.0. The first-order valence-electron chi connectivity index (χ1n) is 10.2. The number of hydrogen-bond donors (Lipinski definition) is 0. The zero-order valence-corrected chi connectivity index (χ0v) is 17.3. The van der Waals surface area contributed by atoms with Crippen molar-refractivity contribution in [2.24, 2.45) is 11.3 Å². The molecule has 0 aliphatic heterocycles. The molecule has 23 heavy (non-hydrogen) atoms. The van der Waals surface area contributed by atoms with E-state index in [-0.39, 0.29) is 0 Å². The molecule has 3 atom stereocenters. The first-order valence-corrected chi connectivity index (χ1v) is 12.2. The molecule has 0 aromatic carbocycles. The summed E-state index contributed by atoms with van der Waals surface area (Å²) in [6.07, 6.45) is 11.7. The summed E-state index contributed by atoms with van der Waals surface area (Å²) < 4.78 is 13.6. The van der Waals surface area contributed by atoms with Crippen LogP contribution in [0.4, 0.5) is 0 Å². The minimum Gasteiger partial charge on any atom is -0.394 e. The Labute approximate surface area is 146 Å². The normalized spacial score (nSPS) is 31.4. The van der Waals surface area contributed by atoms with Crippen molar-refractivity contribution in [3.8, 4) is 0 Å². The van der Waals surface area contributed by atoms with Gasteiger partial charge in [0.25, 0.3) is 0 Å². The van der Waals surface area contributed by atoms with Crippen LogP contribution in [0.1, 0.15) is 92.4 Å². The fourth-order valence-corrected chi connectivity index (χ4v) is 10.9. The quantitative estimate of drug-likeness (QED) is 0.473. The monoisotopic (exact) mass is 340 g/mol. The van der Waals surface area contributed by atoms with Crippen LogP contribution in [0.2, 0.25) is 11.1 Å². The number of rotatable bonds is 8. The molecule has 0 aromatic rings. The van der Waals surface area contributed by atoms with Crippen molar-refractivity contribution in [1.82, 2.24) is 0 Å². The summed E-state index contributed by atoms with van der Waals surface area (Å²) in [5.41, 5.74) is 1.80. The molecule has 2 saturated carbocycles. The minimum atomic E-state index is -2.18.